The third-order valence-corrected chi connectivity index (χ3v) is 3.61. The largest absolute Gasteiger partial charge is 0.0654 e. The topological polar surface area (TPSA) is 0 Å². The van der Waals surface area contributed by atoms with Crippen LogP contribution in [0.4, 0.5) is 0 Å². The number of hydrogen-bond donors (Lipinski definition) is 0. The minimum Gasteiger partial charge on any atom is -0.0654 e. The molecule has 1 fully saturated rings. The summed E-state index contributed by atoms with van der Waals surface area (Å²) in [5.41, 5.74) is 0.689. The highest BCUT2D eigenvalue weighted by atomic mass is 14.5. The molecule has 0 spiro atoms. The molecule has 12 heavy (non-hydrogen) atoms. The van der Waals surface area contributed by atoms with Crippen LogP contribution < -0.4 is 0 Å². The van der Waals surface area contributed by atoms with Crippen LogP contribution in [0.15, 0.2) is 0 Å². The van der Waals surface area contributed by atoms with Crippen molar-refractivity contribution in [1.29, 1.82) is 0 Å². The lowest BCUT2D eigenvalue weighted by Gasteiger charge is -2.15. The number of unbranched alkanes of at least 4 members (excludes halogenated alkanes) is 1. The molecule has 0 nitrogen and oxygen atoms in total. The van der Waals surface area contributed by atoms with E-state index in [9.17, 15) is 0 Å². The van der Waals surface area contributed by atoms with E-state index in [2.05, 4.69) is 27.7 Å². The zero-order valence-electron chi connectivity index (χ0n) is 9.19. The van der Waals surface area contributed by atoms with Crippen LogP contribution in [0.25, 0.3) is 0 Å². The van der Waals surface area contributed by atoms with Crippen molar-refractivity contribution in [2.75, 3.05) is 0 Å². The highest BCUT2D eigenvalue weighted by molar-refractivity contribution is 4.98. The molecule has 0 N–H and O–H groups in total. The summed E-state index contributed by atoms with van der Waals surface area (Å²) in [6.45, 7) is 9.50. The first-order valence-electron chi connectivity index (χ1n) is 5.61. The van der Waals surface area contributed by atoms with Crippen molar-refractivity contribution in [2.45, 2.75) is 59.8 Å². The lowest BCUT2D eigenvalue weighted by molar-refractivity contribution is 0.351. The summed E-state index contributed by atoms with van der Waals surface area (Å²) < 4.78 is 0. The monoisotopic (exact) mass is 168 g/mol. The molecule has 72 valence electrons. The molecule has 1 saturated carbocycles. The lowest BCUT2D eigenvalue weighted by Crippen LogP contribution is -2.06. The molecule has 2 atom stereocenters. The normalized spacial score (nSPS) is 28.5. The standard InChI is InChI=1S/C12H24/c1-5-7-8-10(6-2)11-9-12(11,3)4/h10-11H,5-9H2,1-4H3. The van der Waals surface area contributed by atoms with E-state index in [1.165, 1.54) is 32.1 Å². The van der Waals surface area contributed by atoms with Crippen molar-refractivity contribution in [3.63, 3.8) is 0 Å². The second-order valence-electron chi connectivity index (χ2n) is 5.11. The maximum absolute atomic E-state index is 2.42. The number of rotatable bonds is 5. The van der Waals surface area contributed by atoms with Crippen LogP contribution in [0.2, 0.25) is 0 Å². The molecule has 0 amide bonds. The Morgan fingerprint density at radius 2 is 1.92 bits per heavy atom. The maximum Gasteiger partial charge on any atom is -0.0320 e. The average molecular weight is 168 g/mol. The third kappa shape index (κ3) is 2.24. The Morgan fingerprint density at radius 3 is 2.25 bits per heavy atom. The molecule has 0 aromatic heterocycles. The van der Waals surface area contributed by atoms with Gasteiger partial charge in [-0.3, -0.25) is 0 Å². The van der Waals surface area contributed by atoms with Gasteiger partial charge in [0.2, 0.25) is 0 Å². The Bertz CT molecular complexity index is 135. The lowest BCUT2D eigenvalue weighted by atomic mass is 9.90. The summed E-state index contributed by atoms with van der Waals surface area (Å²) in [4.78, 5) is 0. The van der Waals surface area contributed by atoms with Gasteiger partial charge in [0, 0.05) is 0 Å². The van der Waals surface area contributed by atoms with Crippen molar-refractivity contribution in [1.82, 2.24) is 0 Å². The molecule has 1 aliphatic rings. The zero-order valence-corrected chi connectivity index (χ0v) is 9.19. The Kier molecular flexibility index (Phi) is 3.20. The fourth-order valence-electron chi connectivity index (χ4n) is 2.47. The Hall–Kier alpha value is 0. The van der Waals surface area contributed by atoms with Crippen LogP contribution in [-0.2, 0) is 0 Å². The molecule has 0 heterocycles. The predicted octanol–water partition coefficient (Wildman–Crippen LogP) is 4.25. The first-order valence-corrected chi connectivity index (χ1v) is 5.61. The van der Waals surface area contributed by atoms with Gasteiger partial charge in [-0.15, -0.1) is 0 Å². The molecule has 0 aromatic rings. The van der Waals surface area contributed by atoms with Gasteiger partial charge in [0.25, 0.3) is 0 Å². The molecule has 2 unspecified atom stereocenters. The van der Waals surface area contributed by atoms with E-state index in [0.717, 1.165) is 11.8 Å². The van der Waals surface area contributed by atoms with Gasteiger partial charge in [-0.2, -0.15) is 0 Å². The van der Waals surface area contributed by atoms with E-state index in [1.54, 1.807) is 0 Å². The van der Waals surface area contributed by atoms with Crippen LogP contribution >= 0.6 is 0 Å². The molecule has 0 bridgehead atoms. The second kappa shape index (κ2) is 3.81. The van der Waals surface area contributed by atoms with E-state index in [-0.39, 0.29) is 0 Å². The fourth-order valence-corrected chi connectivity index (χ4v) is 2.47. The summed E-state index contributed by atoms with van der Waals surface area (Å²) in [6, 6.07) is 0. The van der Waals surface area contributed by atoms with Crippen LogP contribution in [0.5, 0.6) is 0 Å². The summed E-state index contributed by atoms with van der Waals surface area (Å²) in [5, 5.41) is 0. The van der Waals surface area contributed by atoms with Crippen LogP contribution in [-0.4, -0.2) is 0 Å². The molecule has 0 aromatic carbocycles. The first kappa shape index (κ1) is 10.1. The van der Waals surface area contributed by atoms with Gasteiger partial charge >= 0.3 is 0 Å². The molecule has 1 aliphatic carbocycles. The first-order chi connectivity index (χ1) is 5.61. The fraction of sp³-hybridized carbons (Fsp3) is 1.00. The van der Waals surface area contributed by atoms with Crippen molar-refractivity contribution in [3.05, 3.63) is 0 Å². The Labute approximate surface area is 77.7 Å². The number of hydrogen-bond acceptors (Lipinski definition) is 0. The van der Waals surface area contributed by atoms with E-state index in [4.69, 9.17) is 0 Å². The van der Waals surface area contributed by atoms with Crippen molar-refractivity contribution >= 4 is 0 Å². The highest BCUT2D eigenvalue weighted by Gasteiger charge is 2.48. The molecule has 1 rings (SSSR count). The minimum atomic E-state index is 0.689. The van der Waals surface area contributed by atoms with Gasteiger partial charge in [-0.05, 0) is 23.7 Å². The Balaban J connectivity index is 2.27. The highest BCUT2D eigenvalue weighted by Crippen LogP contribution is 2.57. The third-order valence-electron chi connectivity index (χ3n) is 3.61. The molecular formula is C12H24. The van der Waals surface area contributed by atoms with E-state index in [0.29, 0.717) is 5.41 Å². The van der Waals surface area contributed by atoms with E-state index in [1.807, 2.05) is 0 Å². The second-order valence-corrected chi connectivity index (χ2v) is 5.11. The quantitative estimate of drug-likeness (QED) is 0.575. The molecule has 0 radical (unpaired) electrons. The van der Waals surface area contributed by atoms with Gasteiger partial charge < -0.3 is 0 Å². The smallest absolute Gasteiger partial charge is 0.0320 e. The van der Waals surface area contributed by atoms with Gasteiger partial charge in [0.15, 0.2) is 0 Å². The van der Waals surface area contributed by atoms with Gasteiger partial charge in [0.1, 0.15) is 0 Å². The van der Waals surface area contributed by atoms with Crippen LogP contribution in [0.1, 0.15) is 59.8 Å². The SMILES string of the molecule is CCCCC(CC)C1CC1(C)C. The van der Waals surface area contributed by atoms with Gasteiger partial charge in [-0.25, -0.2) is 0 Å². The Morgan fingerprint density at radius 1 is 1.33 bits per heavy atom. The molecular weight excluding hydrogens is 144 g/mol. The molecule has 0 heteroatoms. The van der Waals surface area contributed by atoms with Gasteiger partial charge in [-0.1, -0.05) is 53.4 Å². The maximum atomic E-state index is 2.42. The van der Waals surface area contributed by atoms with Crippen molar-refractivity contribution in [3.8, 4) is 0 Å². The summed E-state index contributed by atoms with van der Waals surface area (Å²) in [5.74, 6) is 2.08. The predicted molar refractivity (Wildman–Crippen MR) is 55.2 cm³/mol. The molecule has 0 aliphatic heterocycles. The van der Waals surface area contributed by atoms with Crippen LogP contribution in [0.3, 0.4) is 0 Å². The summed E-state index contributed by atoms with van der Waals surface area (Å²) in [7, 11) is 0. The van der Waals surface area contributed by atoms with E-state index >= 15 is 0 Å². The minimum absolute atomic E-state index is 0.689. The summed E-state index contributed by atoms with van der Waals surface area (Å²) in [6.07, 6.45) is 7.15. The van der Waals surface area contributed by atoms with Crippen LogP contribution in [0, 0.1) is 17.3 Å². The summed E-state index contributed by atoms with van der Waals surface area (Å²) >= 11 is 0. The zero-order chi connectivity index (χ0) is 9.19. The molecule has 0 saturated heterocycles. The van der Waals surface area contributed by atoms with E-state index < -0.39 is 0 Å². The van der Waals surface area contributed by atoms with Gasteiger partial charge in [0.05, 0.1) is 0 Å². The van der Waals surface area contributed by atoms with Crippen molar-refractivity contribution in [2.24, 2.45) is 17.3 Å². The average Bonchev–Trinajstić information content (AvgIpc) is 2.62. The van der Waals surface area contributed by atoms with Crippen molar-refractivity contribution < 1.29 is 0 Å².